The second kappa shape index (κ2) is 6.22. The summed E-state index contributed by atoms with van der Waals surface area (Å²) >= 11 is 11.7. The van der Waals surface area contributed by atoms with Crippen molar-refractivity contribution in [2.45, 2.75) is 19.1 Å². The first-order valence-corrected chi connectivity index (χ1v) is 7.47. The summed E-state index contributed by atoms with van der Waals surface area (Å²) in [5.41, 5.74) is 2.08. The summed E-state index contributed by atoms with van der Waals surface area (Å²) in [6.45, 7) is 1.33. The van der Waals surface area contributed by atoms with E-state index in [-0.39, 0.29) is 11.1 Å². The highest BCUT2D eigenvalue weighted by molar-refractivity contribution is 6.31. The highest BCUT2D eigenvalue weighted by Gasteiger charge is 2.22. The van der Waals surface area contributed by atoms with Crippen molar-refractivity contribution in [3.63, 3.8) is 0 Å². The number of fused-ring (bicyclic) bond motifs is 1. The Balaban J connectivity index is 1.52. The van der Waals surface area contributed by atoms with Gasteiger partial charge in [0, 0.05) is 24.5 Å². The van der Waals surface area contributed by atoms with Crippen molar-refractivity contribution in [2.24, 2.45) is 0 Å². The summed E-state index contributed by atoms with van der Waals surface area (Å²) in [4.78, 5) is 0. The van der Waals surface area contributed by atoms with Crippen LogP contribution in [0.4, 0.5) is 4.39 Å². The largest absolute Gasteiger partial charge is 0.488 e. The summed E-state index contributed by atoms with van der Waals surface area (Å²) in [6, 6.07) is 10.4. The molecule has 2 nitrogen and oxygen atoms in total. The molecule has 0 spiro atoms. The Morgan fingerprint density at radius 3 is 2.86 bits per heavy atom. The maximum atomic E-state index is 13.1. The molecule has 0 saturated carbocycles. The second-order valence-corrected chi connectivity index (χ2v) is 5.92. The first-order valence-electron chi connectivity index (χ1n) is 6.71. The van der Waals surface area contributed by atoms with E-state index in [1.54, 1.807) is 12.1 Å². The Kier molecular flexibility index (Phi) is 4.34. The Morgan fingerprint density at radius 1 is 1.19 bits per heavy atom. The number of hydrogen-bond acceptors (Lipinski definition) is 2. The molecule has 110 valence electrons. The van der Waals surface area contributed by atoms with E-state index >= 15 is 0 Å². The van der Waals surface area contributed by atoms with Crippen LogP contribution in [0, 0.1) is 5.82 Å². The highest BCUT2D eigenvalue weighted by Crippen LogP contribution is 2.30. The number of benzene rings is 2. The second-order valence-electron chi connectivity index (χ2n) is 5.08. The third-order valence-electron chi connectivity index (χ3n) is 3.45. The van der Waals surface area contributed by atoms with E-state index in [4.69, 9.17) is 27.9 Å². The molecule has 1 aliphatic rings. The predicted molar refractivity (Wildman–Crippen MR) is 82.7 cm³/mol. The van der Waals surface area contributed by atoms with Gasteiger partial charge in [-0.05, 0) is 41.5 Å². The minimum atomic E-state index is -0.396. The van der Waals surface area contributed by atoms with Crippen molar-refractivity contribution in [1.82, 2.24) is 5.32 Å². The summed E-state index contributed by atoms with van der Waals surface area (Å²) in [6.07, 6.45) is 0.932. The van der Waals surface area contributed by atoms with E-state index < -0.39 is 5.82 Å². The first kappa shape index (κ1) is 14.6. The van der Waals surface area contributed by atoms with Gasteiger partial charge in [0.25, 0.3) is 0 Å². The van der Waals surface area contributed by atoms with Gasteiger partial charge in [0.2, 0.25) is 0 Å². The monoisotopic (exact) mass is 325 g/mol. The molecule has 0 amide bonds. The molecule has 0 bridgehead atoms. The lowest BCUT2D eigenvalue weighted by Gasteiger charge is -2.12. The van der Waals surface area contributed by atoms with E-state index in [9.17, 15) is 4.39 Å². The van der Waals surface area contributed by atoms with Crippen LogP contribution in [0.5, 0.6) is 5.75 Å². The minimum Gasteiger partial charge on any atom is -0.488 e. The van der Waals surface area contributed by atoms with Crippen LogP contribution in [0.3, 0.4) is 0 Å². The Hall–Kier alpha value is -1.29. The zero-order chi connectivity index (χ0) is 14.8. The molecule has 1 unspecified atom stereocenters. The van der Waals surface area contributed by atoms with Crippen molar-refractivity contribution in [3.8, 4) is 5.75 Å². The molecular formula is C16H14Cl2FNO. The lowest BCUT2D eigenvalue weighted by molar-refractivity contribution is 0.227. The molecular weight excluding hydrogens is 312 g/mol. The van der Waals surface area contributed by atoms with Crippen LogP contribution in [0.25, 0.3) is 0 Å². The molecule has 2 aromatic rings. The molecule has 0 fully saturated rings. The van der Waals surface area contributed by atoms with Gasteiger partial charge in [-0.25, -0.2) is 4.39 Å². The molecule has 0 saturated heterocycles. The molecule has 1 heterocycles. The predicted octanol–water partition coefficient (Wildman–Crippen LogP) is 4.23. The Morgan fingerprint density at radius 2 is 2.05 bits per heavy atom. The maximum Gasteiger partial charge on any atom is 0.141 e. The molecule has 0 aliphatic carbocycles. The van der Waals surface area contributed by atoms with Gasteiger partial charge in [-0.1, -0.05) is 29.3 Å². The zero-order valence-corrected chi connectivity index (χ0v) is 12.7. The van der Waals surface area contributed by atoms with Crippen molar-refractivity contribution in [3.05, 3.63) is 63.4 Å². The average Bonchev–Trinajstić information content (AvgIpc) is 2.84. The van der Waals surface area contributed by atoms with Crippen LogP contribution in [-0.2, 0) is 13.0 Å². The van der Waals surface area contributed by atoms with E-state index in [2.05, 4.69) is 5.32 Å². The smallest absolute Gasteiger partial charge is 0.141 e. The standard InChI is InChI=1S/C16H14Cl2FNO/c17-12-2-4-16-11(6-12)7-13(21-16)9-20-8-10-1-3-15(19)14(18)5-10/h1-6,13,20H,7-9H2. The Bertz CT molecular complexity index is 663. The fourth-order valence-electron chi connectivity index (χ4n) is 2.43. The van der Waals surface area contributed by atoms with Crippen LogP contribution in [0.1, 0.15) is 11.1 Å². The molecule has 2 aromatic carbocycles. The number of halogens is 3. The van der Waals surface area contributed by atoms with E-state index in [1.807, 2.05) is 18.2 Å². The fourth-order valence-corrected chi connectivity index (χ4v) is 2.83. The molecule has 0 aromatic heterocycles. The number of rotatable bonds is 4. The van der Waals surface area contributed by atoms with Crippen molar-refractivity contribution >= 4 is 23.2 Å². The lowest BCUT2D eigenvalue weighted by atomic mass is 10.1. The van der Waals surface area contributed by atoms with Gasteiger partial charge in [0.1, 0.15) is 17.7 Å². The van der Waals surface area contributed by atoms with E-state index in [1.165, 1.54) is 6.07 Å². The number of hydrogen-bond donors (Lipinski definition) is 1. The van der Waals surface area contributed by atoms with Crippen molar-refractivity contribution in [2.75, 3.05) is 6.54 Å². The van der Waals surface area contributed by atoms with E-state index in [0.717, 1.165) is 28.3 Å². The minimum absolute atomic E-state index is 0.0920. The molecule has 0 radical (unpaired) electrons. The topological polar surface area (TPSA) is 21.3 Å². The third kappa shape index (κ3) is 3.49. The summed E-state index contributed by atoms with van der Waals surface area (Å²) in [7, 11) is 0. The molecule has 5 heteroatoms. The highest BCUT2D eigenvalue weighted by atomic mass is 35.5. The molecule has 3 rings (SSSR count). The molecule has 1 N–H and O–H groups in total. The van der Waals surface area contributed by atoms with E-state index in [0.29, 0.717) is 13.1 Å². The van der Waals surface area contributed by atoms with Gasteiger partial charge in [0.05, 0.1) is 5.02 Å². The van der Waals surface area contributed by atoms with Crippen LogP contribution in [-0.4, -0.2) is 12.6 Å². The quantitative estimate of drug-likeness (QED) is 0.908. The van der Waals surface area contributed by atoms with Gasteiger partial charge in [0.15, 0.2) is 0 Å². The SMILES string of the molecule is Fc1ccc(CNCC2Cc3cc(Cl)ccc3O2)cc1Cl. The summed E-state index contributed by atoms with van der Waals surface area (Å²) in [5, 5.41) is 4.18. The van der Waals surface area contributed by atoms with Crippen LogP contribution >= 0.6 is 23.2 Å². The van der Waals surface area contributed by atoms with Crippen molar-refractivity contribution in [1.29, 1.82) is 0 Å². The number of ether oxygens (including phenoxy) is 1. The summed E-state index contributed by atoms with van der Waals surface area (Å²) < 4.78 is 18.9. The van der Waals surface area contributed by atoms with Gasteiger partial charge in [-0.2, -0.15) is 0 Å². The molecule has 21 heavy (non-hydrogen) atoms. The van der Waals surface area contributed by atoms with Crippen LogP contribution < -0.4 is 10.1 Å². The maximum absolute atomic E-state index is 13.1. The normalized spacial score (nSPS) is 16.6. The van der Waals surface area contributed by atoms with Gasteiger partial charge in [-0.15, -0.1) is 0 Å². The molecule has 1 atom stereocenters. The molecule has 1 aliphatic heterocycles. The first-order chi connectivity index (χ1) is 10.1. The average molecular weight is 326 g/mol. The van der Waals surface area contributed by atoms with Crippen molar-refractivity contribution < 1.29 is 9.13 Å². The third-order valence-corrected chi connectivity index (χ3v) is 3.97. The lowest BCUT2D eigenvalue weighted by Crippen LogP contribution is -2.29. The van der Waals surface area contributed by atoms with Crippen LogP contribution in [0.2, 0.25) is 10.0 Å². The fraction of sp³-hybridized carbons (Fsp3) is 0.250. The Labute approximate surface area is 132 Å². The number of nitrogens with one attached hydrogen (secondary N) is 1. The van der Waals surface area contributed by atoms with Gasteiger partial charge < -0.3 is 10.1 Å². The zero-order valence-electron chi connectivity index (χ0n) is 11.2. The summed E-state index contributed by atoms with van der Waals surface area (Å²) in [5.74, 6) is 0.503. The van der Waals surface area contributed by atoms with Gasteiger partial charge >= 0.3 is 0 Å². The van der Waals surface area contributed by atoms with Crippen LogP contribution in [0.15, 0.2) is 36.4 Å². The van der Waals surface area contributed by atoms with Gasteiger partial charge in [-0.3, -0.25) is 0 Å².